The highest BCUT2D eigenvalue weighted by atomic mass is 16.5. The molecular formula is C33H36N2O3. The highest BCUT2D eigenvalue weighted by Gasteiger charge is 2.63. The van der Waals surface area contributed by atoms with Gasteiger partial charge in [-0.2, -0.15) is 0 Å². The van der Waals surface area contributed by atoms with Gasteiger partial charge in [0.05, 0.1) is 0 Å². The van der Waals surface area contributed by atoms with E-state index in [9.17, 15) is 4.79 Å². The predicted molar refractivity (Wildman–Crippen MR) is 143 cm³/mol. The van der Waals surface area contributed by atoms with Crippen LogP contribution >= 0.6 is 0 Å². The normalized spacial score (nSPS) is 42.0. The van der Waals surface area contributed by atoms with Gasteiger partial charge in [0.15, 0.2) is 5.78 Å². The quantitative estimate of drug-likeness (QED) is 0.591. The van der Waals surface area contributed by atoms with Crippen molar-refractivity contribution in [2.24, 2.45) is 11.8 Å². The molecule has 2 aromatic carbocycles. The molecule has 2 N–H and O–H groups in total. The van der Waals surface area contributed by atoms with E-state index in [1.54, 1.807) is 0 Å². The summed E-state index contributed by atoms with van der Waals surface area (Å²) in [6, 6.07) is 9.40. The average Bonchev–Trinajstić information content (AvgIpc) is 3.43. The Balaban J connectivity index is 1.15. The first-order valence-electron chi connectivity index (χ1n) is 15.4. The molecule has 5 heteroatoms. The lowest BCUT2D eigenvalue weighted by molar-refractivity contribution is 0.00318. The van der Waals surface area contributed by atoms with Crippen LogP contribution in [0.25, 0.3) is 0 Å². The number of ketones is 1. The van der Waals surface area contributed by atoms with Gasteiger partial charge in [-0.3, -0.25) is 4.79 Å². The van der Waals surface area contributed by atoms with Gasteiger partial charge in [-0.15, -0.1) is 0 Å². The van der Waals surface area contributed by atoms with E-state index in [4.69, 9.17) is 9.47 Å². The molecule has 2 spiro atoms. The van der Waals surface area contributed by atoms with Gasteiger partial charge in [-0.25, -0.2) is 0 Å². The largest absolute Gasteiger partial charge is 0.489 e. The Morgan fingerprint density at radius 1 is 0.711 bits per heavy atom. The van der Waals surface area contributed by atoms with Gasteiger partial charge >= 0.3 is 0 Å². The zero-order chi connectivity index (χ0) is 24.8. The maximum Gasteiger partial charge on any atom is 0.193 e. The zero-order valence-electron chi connectivity index (χ0n) is 22.0. The minimum absolute atomic E-state index is 0.107. The van der Waals surface area contributed by atoms with Crippen molar-refractivity contribution in [2.45, 2.75) is 99.3 Å². The summed E-state index contributed by atoms with van der Waals surface area (Å²) in [4.78, 5) is 14.7. The molecule has 0 radical (unpaired) electrons. The van der Waals surface area contributed by atoms with Gasteiger partial charge in [0, 0.05) is 45.2 Å². The lowest BCUT2D eigenvalue weighted by Gasteiger charge is -2.55. The molecular weight excluding hydrogens is 472 g/mol. The fourth-order valence-electron chi connectivity index (χ4n) is 11.5. The van der Waals surface area contributed by atoms with Crippen molar-refractivity contribution in [3.05, 3.63) is 57.6 Å². The lowest BCUT2D eigenvalue weighted by atomic mass is 9.51. The van der Waals surface area contributed by atoms with Crippen LogP contribution in [0.4, 0.5) is 0 Å². The van der Waals surface area contributed by atoms with Gasteiger partial charge in [0.1, 0.15) is 23.7 Å². The third-order valence-electron chi connectivity index (χ3n) is 12.7. The molecule has 4 heterocycles. The number of hydrogen-bond acceptors (Lipinski definition) is 5. The van der Waals surface area contributed by atoms with Gasteiger partial charge in [0.2, 0.25) is 0 Å². The summed E-state index contributed by atoms with van der Waals surface area (Å²) < 4.78 is 13.4. The molecule has 8 atom stereocenters. The first-order valence-corrected chi connectivity index (χ1v) is 15.4. The molecule has 2 saturated heterocycles. The molecule has 4 aliphatic carbocycles. The van der Waals surface area contributed by atoms with Gasteiger partial charge in [-0.1, -0.05) is 0 Å². The molecule has 2 unspecified atom stereocenters. The Labute approximate surface area is 224 Å². The Hall–Kier alpha value is -2.37. The van der Waals surface area contributed by atoms with E-state index in [0.717, 1.165) is 74.2 Å². The predicted octanol–water partition coefficient (Wildman–Crippen LogP) is 4.35. The zero-order valence-corrected chi connectivity index (χ0v) is 22.0. The second-order valence-electron chi connectivity index (χ2n) is 13.7. The van der Waals surface area contributed by atoms with Crippen LogP contribution in [0.2, 0.25) is 0 Å². The molecule has 2 aromatic rings. The van der Waals surface area contributed by atoms with Crippen molar-refractivity contribution < 1.29 is 14.3 Å². The minimum Gasteiger partial charge on any atom is -0.489 e. The lowest BCUT2D eigenvalue weighted by Crippen LogP contribution is -2.63. The second-order valence-corrected chi connectivity index (χ2v) is 13.7. The van der Waals surface area contributed by atoms with E-state index in [-0.39, 0.29) is 28.8 Å². The molecule has 0 aromatic heterocycles. The van der Waals surface area contributed by atoms with Gasteiger partial charge in [-0.05, 0) is 125 Å². The molecule has 0 amide bonds. The number of benzene rings is 2. The average molecular weight is 509 g/mol. The summed E-state index contributed by atoms with van der Waals surface area (Å²) in [5.41, 5.74) is 7.48. The number of ether oxygens (including phenoxy) is 2. The Bertz CT molecular complexity index is 1330. The van der Waals surface area contributed by atoms with E-state index in [2.05, 4.69) is 34.9 Å². The summed E-state index contributed by atoms with van der Waals surface area (Å²) in [5.74, 6) is 3.64. The fraction of sp³-hybridized carbons (Fsp3) is 0.606. The van der Waals surface area contributed by atoms with Crippen LogP contribution in [0.3, 0.4) is 0 Å². The number of hydrogen-bond donors (Lipinski definition) is 2. The summed E-state index contributed by atoms with van der Waals surface area (Å²) in [7, 11) is 0. The van der Waals surface area contributed by atoms with Crippen LogP contribution in [-0.2, 0) is 23.7 Å². The van der Waals surface area contributed by atoms with Crippen LogP contribution in [0, 0.1) is 11.8 Å². The van der Waals surface area contributed by atoms with Crippen molar-refractivity contribution in [3.63, 3.8) is 0 Å². The third kappa shape index (κ3) is 2.27. The molecule has 4 bridgehead atoms. The summed E-state index contributed by atoms with van der Waals surface area (Å²) in [5, 5.41) is 7.73. The van der Waals surface area contributed by atoms with Crippen molar-refractivity contribution in [1.82, 2.24) is 10.6 Å². The molecule has 2 saturated carbocycles. The number of carbonyl (C=O) groups excluding carboxylic acids is 1. The SMILES string of the molecule is O=C(c1ccc2c3c1C[C@H]1NCC[C@@]34C(CCC[C@@H]14)O2)c1ccc2c3c1C[C@H]1NCC[C@@]34C(CCC[C@@H]14)O2. The first-order chi connectivity index (χ1) is 18.7. The molecule has 38 heavy (non-hydrogen) atoms. The van der Waals surface area contributed by atoms with E-state index >= 15 is 0 Å². The molecule has 8 aliphatic rings. The molecule has 10 rings (SSSR count). The van der Waals surface area contributed by atoms with E-state index in [1.165, 1.54) is 47.9 Å². The van der Waals surface area contributed by atoms with Crippen molar-refractivity contribution in [3.8, 4) is 11.5 Å². The Morgan fingerprint density at radius 2 is 1.21 bits per heavy atom. The third-order valence-corrected chi connectivity index (χ3v) is 12.7. The van der Waals surface area contributed by atoms with E-state index in [0.29, 0.717) is 23.9 Å². The monoisotopic (exact) mass is 508 g/mol. The van der Waals surface area contributed by atoms with Crippen molar-refractivity contribution in [1.29, 1.82) is 0 Å². The van der Waals surface area contributed by atoms with Crippen LogP contribution in [0.15, 0.2) is 24.3 Å². The topological polar surface area (TPSA) is 59.6 Å². The Kier molecular flexibility index (Phi) is 3.97. The summed E-state index contributed by atoms with van der Waals surface area (Å²) in [6.45, 7) is 2.12. The second kappa shape index (κ2) is 7.03. The standard InChI is InChI=1S/C33H36N2O3/c36-31(17-7-9-25-29-19(17)15-23-21-3-1-5-27(37-25)32(21,29)11-13-34-23)18-8-10-26-30-20(18)16-24-22-4-2-6-28(38-26)33(22,30)12-14-35-24/h7-10,21-24,27-28,34-35H,1-6,11-16H2/t21-,22-,23+,24+,27?,28?,32+,33+/m0/s1. The first kappa shape index (κ1) is 21.5. The maximum absolute atomic E-state index is 14.7. The summed E-state index contributed by atoms with van der Waals surface area (Å²) >= 11 is 0. The Morgan fingerprint density at radius 3 is 1.71 bits per heavy atom. The van der Waals surface area contributed by atoms with Crippen molar-refractivity contribution in [2.75, 3.05) is 13.1 Å². The van der Waals surface area contributed by atoms with Crippen LogP contribution in [-0.4, -0.2) is 43.2 Å². The summed E-state index contributed by atoms with van der Waals surface area (Å²) in [6.07, 6.45) is 12.1. The smallest absolute Gasteiger partial charge is 0.193 e. The fourth-order valence-corrected chi connectivity index (χ4v) is 11.5. The minimum atomic E-state index is 0.107. The highest BCUT2D eigenvalue weighted by molar-refractivity contribution is 6.12. The highest BCUT2D eigenvalue weighted by Crippen LogP contribution is 2.63. The molecule has 196 valence electrons. The number of carbonyl (C=O) groups is 1. The van der Waals surface area contributed by atoms with Gasteiger partial charge < -0.3 is 20.1 Å². The van der Waals surface area contributed by atoms with E-state index < -0.39 is 0 Å². The molecule has 5 nitrogen and oxygen atoms in total. The number of nitrogens with one attached hydrogen (secondary N) is 2. The van der Waals surface area contributed by atoms with Crippen molar-refractivity contribution >= 4 is 5.78 Å². The van der Waals surface area contributed by atoms with Gasteiger partial charge in [0.25, 0.3) is 0 Å². The number of rotatable bonds is 2. The molecule has 4 fully saturated rings. The van der Waals surface area contributed by atoms with E-state index in [1.807, 2.05) is 0 Å². The maximum atomic E-state index is 14.7. The van der Waals surface area contributed by atoms with Crippen LogP contribution < -0.4 is 20.1 Å². The number of piperidine rings is 2. The molecule has 4 aliphatic heterocycles. The van der Waals surface area contributed by atoms with Crippen LogP contribution in [0.5, 0.6) is 11.5 Å². The van der Waals surface area contributed by atoms with Crippen LogP contribution in [0.1, 0.15) is 89.5 Å².